The van der Waals surface area contributed by atoms with Crippen LogP contribution in [0.25, 0.3) is 5.69 Å². The van der Waals surface area contributed by atoms with Gasteiger partial charge in [0.05, 0.1) is 18.1 Å². The van der Waals surface area contributed by atoms with Gasteiger partial charge in [0.25, 0.3) is 9.05 Å². The summed E-state index contributed by atoms with van der Waals surface area (Å²) in [6.07, 6.45) is 2.42. The Morgan fingerprint density at radius 2 is 2.12 bits per heavy atom. The summed E-state index contributed by atoms with van der Waals surface area (Å²) in [5.41, 5.74) is 1.24. The van der Waals surface area contributed by atoms with Crippen LogP contribution < -0.4 is 0 Å². The lowest BCUT2D eigenvalue weighted by Crippen LogP contribution is -1.97. The van der Waals surface area contributed by atoms with Crippen molar-refractivity contribution < 1.29 is 12.8 Å². The lowest BCUT2D eigenvalue weighted by atomic mass is 10.2. The third-order valence-corrected chi connectivity index (χ3v) is 3.55. The first kappa shape index (κ1) is 12.1. The Kier molecular flexibility index (Phi) is 2.92. The van der Waals surface area contributed by atoms with Crippen molar-refractivity contribution in [3.63, 3.8) is 0 Å². The van der Waals surface area contributed by atoms with Crippen molar-refractivity contribution >= 4 is 19.7 Å². The molecule has 4 nitrogen and oxygen atoms in total. The highest BCUT2D eigenvalue weighted by atomic mass is 35.7. The van der Waals surface area contributed by atoms with Gasteiger partial charge in [0.15, 0.2) is 0 Å². The molecule has 0 bridgehead atoms. The highest BCUT2D eigenvalue weighted by molar-refractivity contribution is 8.13. The fraction of sp³-hybridized carbons (Fsp3) is 0.100. The first-order chi connectivity index (χ1) is 7.88. The number of hydrogen-bond donors (Lipinski definition) is 0. The number of halogens is 2. The molecule has 0 aliphatic carbocycles. The molecular weight excluding hydrogens is 267 g/mol. The summed E-state index contributed by atoms with van der Waals surface area (Å²) in [5, 5.41) is 3.87. The second kappa shape index (κ2) is 4.12. The van der Waals surface area contributed by atoms with E-state index in [9.17, 15) is 12.8 Å². The number of rotatable bonds is 2. The van der Waals surface area contributed by atoms with Crippen molar-refractivity contribution in [1.29, 1.82) is 0 Å². The molecule has 1 aromatic heterocycles. The maximum atomic E-state index is 12.9. The lowest BCUT2D eigenvalue weighted by molar-refractivity contribution is 0.609. The van der Waals surface area contributed by atoms with Crippen LogP contribution in [0, 0.1) is 12.7 Å². The monoisotopic (exact) mass is 274 g/mol. The molecule has 7 heteroatoms. The van der Waals surface area contributed by atoms with Gasteiger partial charge in [0.2, 0.25) is 0 Å². The van der Waals surface area contributed by atoms with Gasteiger partial charge in [0.1, 0.15) is 10.7 Å². The quantitative estimate of drug-likeness (QED) is 0.789. The molecule has 0 saturated heterocycles. The topological polar surface area (TPSA) is 52.0 Å². The molecule has 0 radical (unpaired) electrons. The largest absolute Gasteiger partial charge is 0.264 e. The van der Waals surface area contributed by atoms with E-state index in [1.807, 2.05) is 0 Å². The Morgan fingerprint density at radius 3 is 2.65 bits per heavy atom. The summed E-state index contributed by atoms with van der Waals surface area (Å²) in [6, 6.07) is 4.13. The van der Waals surface area contributed by atoms with E-state index in [0.29, 0.717) is 11.3 Å². The molecule has 0 aliphatic heterocycles. The Bertz CT molecular complexity index is 667. The Hall–Kier alpha value is -1.40. The molecule has 0 atom stereocenters. The van der Waals surface area contributed by atoms with Gasteiger partial charge in [0, 0.05) is 10.7 Å². The summed E-state index contributed by atoms with van der Waals surface area (Å²) in [6.45, 7) is 1.70. The van der Waals surface area contributed by atoms with E-state index >= 15 is 0 Å². The second-order valence-corrected chi connectivity index (χ2v) is 6.06. The Morgan fingerprint density at radius 1 is 1.41 bits per heavy atom. The zero-order valence-corrected chi connectivity index (χ0v) is 10.3. The van der Waals surface area contributed by atoms with Crippen molar-refractivity contribution in [2.45, 2.75) is 11.8 Å². The van der Waals surface area contributed by atoms with Gasteiger partial charge < -0.3 is 0 Å². The molecular formula is C10H8ClFN2O2S. The SMILES string of the molecule is Cc1cc(F)ccc1-n1cc(S(=O)(=O)Cl)cn1. The minimum absolute atomic E-state index is 0.0945. The van der Waals surface area contributed by atoms with E-state index in [-0.39, 0.29) is 10.7 Å². The molecule has 17 heavy (non-hydrogen) atoms. The zero-order chi connectivity index (χ0) is 12.6. The molecule has 1 heterocycles. The van der Waals surface area contributed by atoms with E-state index in [4.69, 9.17) is 10.7 Å². The number of hydrogen-bond acceptors (Lipinski definition) is 3. The second-order valence-electron chi connectivity index (χ2n) is 3.49. The van der Waals surface area contributed by atoms with Crippen molar-refractivity contribution in [3.05, 3.63) is 42.0 Å². The maximum Gasteiger partial charge on any atom is 0.264 e. The summed E-state index contributed by atoms with van der Waals surface area (Å²) >= 11 is 0. The molecule has 1 aromatic carbocycles. The molecule has 0 fully saturated rings. The summed E-state index contributed by atoms with van der Waals surface area (Å²) in [5.74, 6) is -0.358. The van der Waals surface area contributed by atoms with Gasteiger partial charge in [-0.15, -0.1) is 0 Å². The van der Waals surface area contributed by atoms with Crippen molar-refractivity contribution in [3.8, 4) is 5.69 Å². The fourth-order valence-corrected chi connectivity index (χ4v) is 2.08. The van der Waals surface area contributed by atoms with Crippen LogP contribution in [-0.2, 0) is 9.05 Å². The lowest BCUT2D eigenvalue weighted by Gasteiger charge is -2.04. The van der Waals surface area contributed by atoms with E-state index in [1.54, 1.807) is 6.92 Å². The highest BCUT2D eigenvalue weighted by Gasteiger charge is 2.14. The van der Waals surface area contributed by atoms with E-state index in [0.717, 1.165) is 6.20 Å². The van der Waals surface area contributed by atoms with Crippen LogP contribution in [0.4, 0.5) is 4.39 Å². The van der Waals surface area contributed by atoms with Gasteiger partial charge >= 0.3 is 0 Å². The van der Waals surface area contributed by atoms with Crippen molar-refractivity contribution in [1.82, 2.24) is 9.78 Å². The van der Waals surface area contributed by atoms with Crippen LogP contribution in [0.15, 0.2) is 35.5 Å². The molecule has 0 amide bonds. The van der Waals surface area contributed by atoms with Gasteiger partial charge in [-0.3, -0.25) is 0 Å². The molecule has 0 spiro atoms. The molecule has 0 saturated carbocycles. The van der Waals surface area contributed by atoms with Gasteiger partial charge in [-0.05, 0) is 30.7 Å². The number of aromatic nitrogens is 2. The van der Waals surface area contributed by atoms with Crippen LogP contribution >= 0.6 is 10.7 Å². The van der Waals surface area contributed by atoms with Gasteiger partial charge in [-0.2, -0.15) is 5.10 Å². The van der Waals surface area contributed by atoms with Crippen LogP contribution in [-0.4, -0.2) is 18.2 Å². The van der Waals surface area contributed by atoms with E-state index < -0.39 is 9.05 Å². The van der Waals surface area contributed by atoms with E-state index in [1.165, 1.54) is 29.1 Å². The average molecular weight is 275 g/mol. The van der Waals surface area contributed by atoms with Crippen LogP contribution in [0.1, 0.15) is 5.56 Å². The number of nitrogens with zero attached hydrogens (tertiary/aromatic N) is 2. The summed E-state index contributed by atoms with van der Waals surface area (Å²) < 4.78 is 36.4. The molecule has 0 N–H and O–H groups in total. The molecule has 90 valence electrons. The Balaban J connectivity index is 2.51. The van der Waals surface area contributed by atoms with Crippen LogP contribution in [0.5, 0.6) is 0 Å². The smallest absolute Gasteiger partial charge is 0.239 e. The molecule has 0 unspecified atom stereocenters. The Labute approximate surface area is 102 Å². The van der Waals surface area contributed by atoms with Crippen molar-refractivity contribution in [2.24, 2.45) is 0 Å². The maximum absolute atomic E-state index is 12.9. The van der Waals surface area contributed by atoms with Crippen LogP contribution in [0.3, 0.4) is 0 Å². The summed E-state index contributed by atoms with van der Waals surface area (Å²) in [7, 11) is 1.39. The van der Waals surface area contributed by atoms with E-state index in [2.05, 4.69) is 5.10 Å². The molecule has 2 rings (SSSR count). The number of aryl methyl sites for hydroxylation is 1. The zero-order valence-electron chi connectivity index (χ0n) is 8.76. The minimum Gasteiger partial charge on any atom is -0.239 e. The standard InChI is InChI=1S/C10H8ClFN2O2S/c1-7-4-8(12)2-3-10(7)14-6-9(5-13-14)17(11,15)16/h2-6H,1H3. The molecule has 0 aliphatic rings. The molecule has 2 aromatic rings. The first-order valence-corrected chi connectivity index (χ1v) is 6.95. The first-order valence-electron chi connectivity index (χ1n) is 4.64. The fourth-order valence-electron chi connectivity index (χ4n) is 1.44. The average Bonchev–Trinajstić information content (AvgIpc) is 2.65. The third-order valence-electron chi connectivity index (χ3n) is 2.25. The normalized spacial score (nSPS) is 11.7. The summed E-state index contributed by atoms with van der Waals surface area (Å²) in [4.78, 5) is -0.0945. The van der Waals surface area contributed by atoms with Gasteiger partial charge in [-0.1, -0.05) is 0 Å². The third kappa shape index (κ3) is 2.48. The minimum atomic E-state index is -3.80. The van der Waals surface area contributed by atoms with Gasteiger partial charge in [-0.25, -0.2) is 17.5 Å². The number of benzene rings is 1. The van der Waals surface area contributed by atoms with Crippen LogP contribution in [0.2, 0.25) is 0 Å². The van der Waals surface area contributed by atoms with Crippen molar-refractivity contribution in [2.75, 3.05) is 0 Å². The predicted octanol–water partition coefficient (Wildman–Crippen LogP) is 2.25. The highest BCUT2D eigenvalue weighted by Crippen LogP contribution is 2.18. The predicted molar refractivity (Wildman–Crippen MR) is 61.3 cm³/mol.